The zero-order chi connectivity index (χ0) is 22.9. The van der Waals surface area contributed by atoms with Crippen LogP contribution < -0.4 is 5.32 Å². The lowest BCUT2D eigenvalue weighted by Crippen LogP contribution is -2.59. The van der Waals surface area contributed by atoms with E-state index in [1.54, 1.807) is 16.4 Å². The highest BCUT2D eigenvalue weighted by atomic mass is 32.2. The average molecular weight is 456 g/mol. The topological polar surface area (TPSA) is 69.7 Å². The smallest absolute Gasteiger partial charge is 0.243 e. The van der Waals surface area contributed by atoms with E-state index in [2.05, 4.69) is 19.2 Å². The number of benzene rings is 2. The highest BCUT2D eigenvalue weighted by Gasteiger charge is 2.53. The van der Waals surface area contributed by atoms with Crippen LogP contribution in [-0.2, 0) is 21.4 Å². The van der Waals surface area contributed by atoms with Crippen molar-refractivity contribution >= 4 is 15.9 Å². The number of hydrogen-bond acceptors (Lipinski definition) is 4. The summed E-state index contributed by atoms with van der Waals surface area (Å²) in [6, 6.07) is 16.8. The lowest BCUT2D eigenvalue weighted by molar-refractivity contribution is -0.134. The standard InChI is InChI=1S/C25H33N3O3S/c1-4-20(3)23-24(29)28(18-21-8-6-5-7-9-21)25(26-23)14-16-27(17-15-25)32(30,31)22-12-10-19(2)11-13-22/h5-13,20,23,26H,4,14-18H2,1-3H3/t20-,23+/m1/s1. The summed E-state index contributed by atoms with van der Waals surface area (Å²) in [7, 11) is -3.55. The molecule has 2 fully saturated rings. The van der Waals surface area contributed by atoms with Crippen molar-refractivity contribution in [2.45, 2.75) is 63.2 Å². The Hall–Kier alpha value is -2.22. The van der Waals surface area contributed by atoms with Crippen LogP contribution in [0.4, 0.5) is 0 Å². The highest BCUT2D eigenvalue weighted by molar-refractivity contribution is 7.89. The lowest BCUT2D eigenvalue weighted by Gasteiger charge is -2.44. The normalized spacial score (nSPS) is 22.4. The summed E-state index contributed by atoms with van der Waals surface area (Å²) in [6.07, 6.45) is 2.06. The first-order valence-corrected chi connectivity index (χ1v) is 12.9. The number of sulfonamides is 1. The molecule has 0 saturated carbocycles. The maximum absolute atomic E-state index is 13.4. The molecule has 2 aliphatic rings. The number of amides is 1. The minimum absolute atomic E-state index is 0.123. The minimum Gasteiger partial charge on any atom is -0.319 e. The van der Waals surface area contributed by atoms with Crippen LogP contribution in [0.3, 0.4) is 0 Å². The zero-order valence-electron chi connectivity index (χ0n) is 19.1. The van der Waals surface area contributed by atoms with E-state index in [1.165, 1.54) is 0 Å². The molecule has 7 heteroatoms. The maximum atomic E-state index is 13.4. The molecule has 0 aromatic heterocycles. The Kier molecular flexibility index (Phi) is 6.43. The van der Waals surface area contributed by atoms with E-state index >= 15 is 0 Å². The van der Waals surface area contributed by atoms with Crippen LogP contribution in [0.1, 0.15) is 44.2 Å². The molecular formula is C25H33N3O3S. The van der Waals surface area contributed by atoms with Crippen LogP contribution in [-0.4, -0.2) is 48.3 Å². The van der Waals surface area contributed by atoms with Crippen molar-refractivity contribution in [3.05, 3.63) is 65.7 Å². The summed E-state index contributed by atoms with van der Waals surface area (Å²) < 4.78 is 27.9. The van der Waals surface area contributed by atoms with Crippen LogP contribution in [0.25, 0.3) is 0 Å². The minimum atomic E-state index is -3.55. The molecule has 0 radical (unpaired) electrons. The average Bonchev–Trinajstić information content (AvgIpc) is 3.06. The van der Waals surface area contributed by atoms with Crippen molar-refractivity contribution in [2.24, 2.45) is 5.92 Å². The van der Waals surface area contributed by atoms with Crippen LogP contribution >= 0.6 is 0 Å². The molecule has 2 aromatic carbocycles. The zero-order valence-corrected chi connectivity index (χ0v) is 19.9. The summed E-state index contributed by atoms with van der Waals surface area (Å²) in [4.78, 5) is 15.7. The fraction of sp³-hybridized carbons (Fsp3) is 0.480. The molecule has 2 saturated heterocycles. The van der Waals surface area contributed by atoms with Crippen LogP contribution in [0.15, 0.2) is 59.5 Å². The predicted molar refractivity (Wildman–Crippen MR) is 125 cm³/mol. The maximum Gasteiger partial charge on any atom is 0.243 e. The van der Waals surface area contributed by atoms with Crippen molar-refractivity contribution in [3.8, 4) is 0 Å². The molecule has 32 heavy (non-hydrogen) atoms. The second kappa shape index (κ2) is 8.96. The fourth-order valence-corrected chi connectivity index (χ4v) is 6.24. The third kappa shape index (κ3) is 4.21. The van der Waals surface area contributed by atoms with E-state index in [0.29, 0.717) is 37.4 Å². The molecule has 2 aromatic rings. The quantitative estimate of drug-likeness (QED) is 0.724. The van der Waals surface area contributed by atoms with Crippen LogP contribution in [0.5, 0.6) is 0 Å². The Labute approximate surface area is 191 Å². The van der Waals surface area contributed by atoms with Gasteiger partial charge in [0.15, 0.2) is 0 Å². The van der Waals surface area contributed by atoms with Crippen LogP contribution in [0, 0.1) is 12.8 Å². The second-order valence-electron chi connectivity index (χ2n) is 9.17. The van der Waals surface area contributed by atoms with E-state index in [0.717, 1.165) is 17.5 Å². The third-order valence-electron chi connectivity index (χ3n) is 7.08. The van der Waals surface area contributed by atoms with Gasteiger partial charge in [-0.15, -0.1) is 0 Å². The molecule has 2 heterocycles. The number of rotatable bonds is 6. The molecule has 1 N–H and O–H groups in total. The number of hydrogen-bond donors (Lipinski definition) is 1. The molecule has 0 bridgehead atoms. The van der Waals surface area contributed by atoms with Gasteiger partial charge in [-0.2, -0.15) is 4.31 Å². The van der Waals surface area contributed by atoms with Crippen LogP contribution in [0.2, 0.25) is 0 Å². The number of carbonyl (C=O) groups is 1. The molecule has 0 aliphatic carbocycles. The van der Waals surface area contributed by atoms with Gasteiger partial charge in [-0.3, -0.25) is 10.1 Å². The van der Waals surface area contributed by atoms with Gasteiger partial charge in [0.25, 0.3) is 0 Å². The van der Waals surface area contributed by atoms with Crippen molar-refractivity contribution < 1.29 is 13.2 Å². The van der Waals surface area contributed by atoms with Crippen molar-refractivity contribution in [2.75, 3.05) is 13.1 Å². The van der Waals surface area contributed by atoms with Gasteiger partial charge in [0.2, 0.25) is 15.9 Å². The SMILES string of the molecule is CC[C@@H](C)[C@@H]1NC2(CCN(S(=O)(=O)c3ccc(C)cc3)CC2)N(Cc2ccccc2)C1=O. The van der Waals surface area contributed by atoms with Crippen molar-refractivity contribution in [1.29, 1.82) is 0 Å². The van der Waals surface area contributed by atoms with Gasteiger partial charge in [-0.05, 0) is 43.4 Å². The largest absolute Gasteiger partial charge is 0.319 e. The van der Waals surface area contributed by atoms with E-state index in [-0.39, 0.29) is 17.9 Å². The highest BCUT2D eigenvalue weighted by Crippen LogP contribution is 2.37. The second-order valence-corrected chi connectivity index (χ2v) is 11.1. The number of nitrogens with one attached hydrogen (secondary N) is 1. The van der Waals surface area contributed by atoms with Gasteiger partial charge >= 0.3 is 0 Å². The Morgan fingerprint density at radius 2 is 1.69 bits per heavy atom. The van der Waals surface area contributed by atoms with Gasteiger partial charge in [-0.25, -0.2) is 8.42 Å². The molecule has 6 nitrogen and oxygen atoms in total. The Morgan fingerprint density at radius 1 is 1.06 bits per heavy atom. The predicted octanol–water partition coefficient (Wildman–Crippen LogP) is 3.52. The number of aryl methyl sites for hydroxylation is 1. The molecule has 0 unspecified atom stereocenters. The van der Waals surface area contributed by atoms with E-state index < -0.39 is 15.7 Å². The van der Waals surface area contributed by atoms with Gasteiger partial charge in [-0.1, -0.05) is 68.3 Å². The summed E-state index contributed by atoms with van der Waals surface area (Å²) in [5, 5.41) is 3.65. The van der Waals surface area contributed by atoms with Gasteiger partial charge < -0.3 is 4.90 Å². The summed E-state index contributed by atoms with van der Waals surface area (Å²) in [5.41, 5.74) is 1.60. The molecule has 172 valence electrons. The monoisotopic (exact) mass is 455 g/mol. The van der Waals surface area contributed by atoms with Crippen molar-refractivity contribution in [1.82, 2.24) is 14.5 Å². The van der Waals surface area contributed by atoms with Gasteiger partial charge in [0.1, 0.15) is 0 Å². The molecule has 1 amide bonds. The number of nitrogens with zero attached hydrogens (tertiary/aromatic N) is 2. The molecule has 2 aliphatic heterocycles. The van der Waals surface area contributed by atoms with Crippen molar-refractivity contribution in [3.63, 3.8) is 0 Å². The Morgan fingerprint density at radius 3 is 2.28 bits per heavy atom. The lowest BCUT2D eigenvalue weighted by atomic mass is 9.96. The third-order valence-corrected chi connectivity index (χ3v) is 8.99. The molecule has 4 rings (SSSR count). The molecule has 2 atom stereocenters. The summed E-state index contributed by atoms with van der Waals surface area (Å²) in [5.74, 6) is 0.340. The first-order chi connectivity index (χ1) is 15.3. The van der Waals surface area contributed by atoms with E-state index in [9.17, 15) is 13.2 Å². The van der Waals surface area contributed by atoms with E-state index in [1.807, 2.05) is 54.3 Å². The summed E-state index contributed by atoms with van der Waals surface area (Å²) >= 11 is 0. The Balaban J connectivity index is 1.57. The fourth-order valence-electron chi connectivity index (χ4n) is 4.79. The number of carbonyl (C=O) groups excluding carboxylic acids is 1. The van der Waals surface area contributed by atoms with Gasteiger partial charge in [0, 0.05) is 19.6 Å². The number of piperidine rings is 1. The Bertz CT molecular complexity index is 1050. The van der Waals surface area contributed by atoms with Gasteiger partial charge in [0.05, 0.1) is 16.6 Å². The van der Waals surface area contributed by atoms with E-state index in [4.69, 9.17) is 0 Å². The molecule has 1 spiro atoms. The molecular weight excluding hydrogens is 422 g/mol. The first-order valence-electron chi connectivity index (χ1n) is 11.5. The summed E-state index contributed by atoms with van der Waals surface area (Å²) in [6.45, 7) is 7.45. The first kappa shape index (κ1) is 23.0.